The molecule has 0 saturated heterocycles. The summed E-state index contributed by atoms with van der Waals surface area (Å²) >= 11 is 5.98. The molecule has 35 heavy (non-hydrogen) atoms. The third-order valence-corrected chi connectivity index (χ3v) is 5.51. The van der Waals surface area contributed by atoms with Gasteiger partial charge in [0.25, 0.3) is 5.91 Å². The fourth-order valence-electron chi connectivity index (χ4n) is 3.16. The summed E-state index contributed by atoms with van der Waals surface area (Å²) in [6.07, 6.45) is 1.81. The fraction of sp³-hybridized carbons (Fsp3) is 0.269. The molecule has 1 unspecified atom stereocenters. The number of methoxy groups -OCH3 is 1. The molecule has 0 aliphatic heterocycles. The van der Waals surface area contributed by atoms with Gasteiger partial charge in [0.05, 0.1) is 18.4 Å². The molecule has 0 radical (unpaired) electrons. The standard InChI is InChI=1S/C26H27ClN2O6/c1-15-6-9-20(27)13-22(15)28-26(31)18(4)34-25(30)11-8-19-7-10-23(24(12-19)32-5)33-14-21-16(2)29-35-17(21)3/h6-13,18H,14H2,1-5H3,(H,28,31)/b11-8+. The van der Waals surface area contributed by atoms with Crippen LogP contribution in [0.15, 0.2) is 47.0 Å². The number of ether oxygens (including phenoxy) is 3. The Labute approximate surface area is 208 Å². The number of rotatable bonds is 9. The Morgan fingerprint density at radius 1 is 1.14 bits per heavy atom. The number of nitrogens with one attached hydrogen (secondary N) is 1. The molecule has 3 rings (SSSR count). The molecule has 0 spiro atoms. The van der Waals surface area contributed by atoms with E-state index in [9.17, 15) is 9.59 Å². The number of esters is 1. The van der Waals surface area contributed by atoms with E-state index < -0.39 is 18.0 Å². The summed E-state index contributed by atoms with van der Waals surface area (Å²) in [5.74, 6) is 0.614. The van der Waals surface area contributed by atoms with Crippen LogP contribution in [0.4, 0.5) is 5.69 Å². The molecule has 1 atom stereocenters. The molecule has 8 nitrogen and oxygen atoms in total. The number of nitrogens with zero attached hydrogens (tertiary/aromatic N) is 1. The highest BCUT2D eigenvalue weighted by molar-refractivity contribution is 6.31. The normalized spacial score (nSPS) is 11.8. The van der Waals surface area contributed by atoms with Crippen LogP contribution in [-0.2, 0) is 20.9 Å². The Hall–Kier alpha value is -3.78. The SMILES string of the molecule is COc1cc(/C=C/C(=O)OC(C)C(=O)Nc2cc(Cl)ccc2C)ccc1OCc1c(C)noc1C. The second kappa shape index (κ2) is 11.6. The maximum atomic E-state index is 12.4. The van der Waals surface area contributed by atoms with Crippen molar-refractivity contribution in [3.63, 3.8) is 0 Å². The second-order valence-corrected chi connectivity index (χ2v) is 8.30. The zero-order valence-electron chi connectivity index (χ0n) is 20.2. The van der Waals surface area contributed by atoms with Gasteiger partial charge in [0.2, 0.25) is 0 Å². The average Bonchev–Trinajstić information content (AvgIpc) is 3.15. The van der Waals surface area contributed by atoms with Gasteiger partial charge in [0, 0.05) is 16.8 Å². The summed E-state index contributed by atoms with van der Waals surface area (Å²) < 4.78 is 21.7. The van der Waals surface area contributed by atoms with Crippen LogP contribution in [0.1, 0.15) is 35.1 Å². The van der Waals surface area contributed by atoms with Gasteiger partial charge < -0.3 is 24.1 Å². The third-order valence-electron chi connectivity index (χ3n) is 5.27. The largest absolute Gasteiger partial charge is 0.493 e. The molecule has 9 heteroatoms. The molecule has 0 saturated carbocycles. The van der Waals surface area contributed by atoms with Gasteiger partial charge in [-0.1, -0.05) is 28.9 Å². The molecule has 0 aliphatic carbocycles. The van der Waals surface area contributed by atoms with E-state index >= 15 is 0 Å². The van der Waals surface area contributed by atoms with E-state index in [-0.39, 0.29) is 6.61 Å². The summed E-state index contributed by atoms with van der Waals surface area (Å²) in [7, 11) is 1.53. The third kappa shape index (κ3) is 6.86. The number of hydrogen-bond donors (Lipinski definition) is 1. The summed E-state index contributed by atoms with van der Waals surface area (Å²) in [5, 5.41) is 7.13. The van der Waals surface area contributed by atoms with E-state index in [2.05, 4.69) is 10.5 Å². The molecule has 1 heterocycles. The van der Waals surface area contributed by atoms with Gasteiger partial charge in [-0.3, -0.25) is 4.79 Å². The van der Waals surface area contributed by atoms with Gasteiger partial charge in [-0.25, -0.2) is 4.79 Å². The zero-order chi connectivity index (χ0) is 25.5. The Bertz CT molecular complexity index is 1230. The van der Waals surface area contributed by atoms with Crippen LogP contribution in [-0.4, -0.2) is 30.2 Å². The Kier molecular flexibility index (Phi) is 8.54. The number of aromatic nitrogens is 1. The predicted octanol–water partition coefficient (Wildman–Crippen LogP) is 5.42. The highest BCUT2D eigenvalue weighted by Gasteiger charge is 2.18. The van der Waals surface area contributed by atoms with Crippen molar-refractivity contribution >= 4 is 35.2 Å². The molecular weight excluding hydrogens is 472 g/mol. The Morgan fingerprint density at radius 3 is 2.60 bits per heavy atom. The number of hydrogen-bond acceptors (Lipinski definition) is 7. The highest BCUT2D eigenvalue weighted by atomic mass is 35.5. The number of carbonyl (C=O) groups is 2. The van der Waals surface area contributed by atoms with Crippen LogP contribution in [0.2, 0.25) is 5.02 Å². The van der Waals surface area contributed by atoms with Crippen LogP contribution in [0, 0.1) is 20.8 Å². The molecule has 1 N–H and O–H groups in total. The van der Waals surface area contributed by atoms with Gasteiger partial charge in [0.1, 0.15) is 12.4 Å². The first-order valence-electron chi connectivity index (χ1n) is 10.9. The first-order chi connectivity index (χ1) is 16.7. The molecule has 1 amide bonds. The lowest BCUT2D eigenvalue weighted by Gasteiger charge is -2.14. The van der Waals surface area contributed by atoms with Crippen molar-refractivity contribution in [2.45, 2.75) is 40.4 Å². The smallest absolute Gasteiger partial charge is 0.331 e. The van der Waals surface area contributed by atoms with E-state index in [1.807, 2.05) is 20.8 Å². The quantitative estimate of drug-likeness (QED) is 0.310. The zero-order valence-corrected chi connectivity index (χ0v) is 20.9. The lowest BCUT2D eigenvalue weighted by atomic mass is 10.2. The van der Waals surface area contributed by atoms with Crippen LogP contribution in [0.3, 0.4) is 0 Å². The highest BCUT2D eigenvalue weighted by Crippen LogP contribution is 2.30. The molecule has 0 aliphatic rings. The number of aryl methyl sites for hydroxylation is 3. The van der Waals surface area contributed by atoms with Crippen molar-refractivity contribution in [2.24, 2.45) is 0 Å². The Balaban J connectivity index is 1.58. The van der Waals surface area contributed by atoms with E-state index in [0.717, 1.165) is 16.8 Å². The number of anilines is 1. The van der Waals surface area contributed by atoms with Gasteiger partial charge in [-0.05, 0) is 69.2 Å². The molecule has 0 bridgehead atoms. The van der Waals surface area contributed by atoms with Crippen LogP contribution >= 0.6 is 11.6 Å². The van der Waals surface area contributed by atoms with Gasteiger partial charge >= 0.3 is 5.97 Å². The minimum absolute atomic E-state index is 0.285. The first kappa shape index (κ1) is 25.8. The van der Waals surface area contributed by atoms with Crippen molar-refractivity contribution in [3.8, 4) is 11.5 Å². The monoisotopic (exact) mass is 498 g/mol. The average molecular weight is 499 g/mol. The van der Waals surface area contributed by atoms with Gasteiger partial charge in [0.15, 0.2) is 17.6 Å². The van der Waals surface area contributed by atoms with E-state index in [1.165, 1.54) is 20.1 Å². The summed E-state index contributed by atoms with van der Waals surface area (Å²) in [6.45, 7) is 7.30. The number of carbonyl (C=O) groups excluding carboxylic acids is 2. The minimum Gasteiger partial charge on any atom is -0.493 e. The minimum atomic E-state index is -1.000. The van der Waals surface area contributed by atoms with Crippen molar-refractivity contribution in [1.82, 2.24) is 5.16 Å². The summed E-state index contributed by atoms with van der Waals surface area (Å²) in [5.41, 5.74) is 3.74. The van der Waals surface area contributed by atoms with Gasteiger partial charge in [-0.15, -0.1) is 0 Å². The molecule has 2 aromatic carbocycles. The fourth-order valence-corrected chi connectivity index (χ4v) is 3.33. The number of halogens is 1. The van der Waals surface area contributed by atoms with Gasteiger partial charge in [-0.2, -0.15) is 0 Å². The maximum absolute atomic E-state index is 12.4. The van der Waals surface area contributed by atoms with Crippen molar-refractivity contribution in [1.29, 1.82) is 0 Å². The van der Waals surface area contributed by atoms with E-state index in [1.54, 1.807) is 42.5 Å². The maximum Gasteiger partial charge on any atom is 0.331 e. The van der Waals surface area contributed by atoms with E-state index in [0.29, 0.717) is 33.5 Å². The van der Waals surface area contributed by atoms with E-state index in [4.69, 9.17) is 30.3 Å². The number of benzene rings is 2. The second-order valence-electron chi connectivity index (χ2n) is 7.86. The molecule has 3 aromatic rings. The topological polar surface area (TPSA) is 99.9 Å². The van der Waals surface area contributed by atoms with Crippen LogP contribution < -0.4 is 14.8 Å². The molecule has 0 fully saturated rings. The predicted molar refractivity (Wildman–Crippen MR) is 133 cm³/mol. The summed E-state index contributed by atoms with van der Waals surface area (Å²) in [6, 6.07) is 10.4. The van der Waals surface area contributed by atoms with Crippen LogP contribution in [0.5, 0.6) is 11.5 Å². The lowest BCUT2D eigenvalue weighted by molar-refractivity contribution is -0.148. The first-order valence-corrected chi connectivity index (χ1v) is 11.2. The number of amides is 1. The Morgan fingerprint density at radius 2 is 1.91 bits per heavy atom. The molecule has 184 valence electrons. The molecular formula is C26H27ClN2O6. The van der Waals surface area contributed by atoms with Crippen LogP contribution in [0.25, 0.3) is 6.08 Å². The molecule has 1 aromatic heterocycles. The van der Waals surface area contributed by atoms with Crippen molar-refractivity contribution < 1.29 is 28.3 Å². The summed E-state index contributed by atoms with van der Waals surface area (Å²) in [4.78, 5) is 24.6. The van der Waals surface area contributed by atoms with Crippen molar-refractivity contribution in [3.05, 3.63) is 75.6 Å². The van der Waals surface area contributed by atoms with Crippen molar-refractivity contribution in [2.75, 3.05) is 12.4 Å². The lowest BCUT2D eigenvalue weighted by Crippen LogP contribution is -2.29.